The van der Waals surface area contributed by atoms with Gasteiger partial charge in [0.2, 0.25) is 0 Å². The van der Waals surface area contributed by atoms with Crippen LogP contribution in [0.15, 0.2) is 24.5 Å². The molecule has 0 aliphatic carbocycles. The SMILES string of the molecule is C=C(F)C(=O)Nc1cc2c(cc1CS(C)(=O)=O)OCCO2. The fourth-order valence-corrected chi connectivity index (χ4v) is 2.64. The number of hydrogen-bond donors (Lipinski definition) is 1. The van der Waals surface area contributed by atoms with Crippen LogP contribution in [0.25, 0.3) is 0 Å². The molecule has 0 aromatic heterocycles. The molecule has 0 fully saturated rings. The lowest BCUT2D eigenvalue weighted by Crippen LogP contribution is -2.18. The van der Waals surface area contributed by atoms with E-state index in [-0.39, 0.29) is 17.0 Å². The molecule has 0 bridgehead atoms. The van der Waals surface area contributed by atoms with E-state index in [1.54, 1.807) is 0 Å². The summed E-state index contributed by atoms with van der Waals surface area (Å²) in [6.45, 7) is 3.57. The fraction of sp³-hybridized carbons (Fsp3) is 0.308. The number of ether oxygens (including phenoxy) is 2. The molecule has 1 heterocycles. The summed E-state index contributed by atoms with van der Waals surface area (Å²) >= 11 is 0. The van der Waals surface area contributed by atoms with Crippen LogP contribution in [-0.2, 0) is 20.4 Å². The van der Waals surface area contributed by atoms with Gasteiger partial charge < -0.3 is 14.8 Å². The van der Waals surface area contributed by atoms with Crippen molar-refractivity contribution in [2.24, 2.45) is 0 Å². The molecule has 1 aromatic rings. The van der Waals surface area contributed by atoms with Crippen LogP contribution in [0.1, 0.15) is 5.56 Å². The third-order valence-corrected chi connectivity index (χ3v) is 3.52. The smallest absolute Gasteiger partial charge is 0.283 e. The number of nitrogens with one attached hydrogen (secondary N) is 1. The molecule has 1 aliphatic heterocycles. The second kappa shape index (κ2) is 5.72. The summed E-state index contributed by atoms with van der Waals surface area (Å²) in [5.74, 6) is -1.79. The third kappa shape index (κ3) is 3.94. The van der Waals surface area contributed by atoms with Crippen molar-refractivity contribution in [2.45, 2.75) is 5.75 Å². The maximum atomic E-state index is 12.8. The minimum Gasteiger partial charge on any atom is -0.486 e. The molecule has 0 atom stereocenters. The highest BCUT2D eigenvalue weighted by Gasteiger charge is 2.20. The zero-order chi connectivity index (χ0) is 15.6. The molecular formula is C13H14FNO5S. The molecule has 0 saturated carbocycles. The van der Waals surface area contributed by atoms with Crippen LogP contribution in [0.2, 0.25) is 0 Å². The Hall–Kier alpha value is -2.09. The molecule has 8 heteroatoms. The van der Waals surface area contributed by atoms with Crippen molar-refractivity contribution in [2.75, 3.05) is 24.8 Å². The molecule has 0 radical (unpaired) electrons. The van der Waals surface area contributed by atoms with Crippen molar-refractivity contribution in [1.29, 1.82) is 0 Å². The average Bonchev–Trinajstić information content (AvgIpc) is 2.37. The molecule has 6 nitrogen and oxygen atoms in total. The molecule has 2 rings (SSSR count). The number of rotatable bonds is 4. The number of fused-ring (bicyclic) bond motifs is 1. The van der Waals surface area contributed by atoms with Gasteiger partial charge in [0.15, 0.2) is 27.2 Å². The van der Waals surface area contributed by atoms with Crippen molar-refractivity contribution in [3.05, 3.63) is 30.1 Å². The van der Waals surface area contributed by atoms with Crippen molar-refractivity contribution in [3.8, 4) is 11.5 Å². The molecule has 21 heavy (non-hydrogen) atoms. The normalized spacial score (nSPS) is 13.6. The van der Waals surface area contributed by atoms with Gasteiger partial charge in [-0.3, -0.25) is 4.79 Å². The number of anilines is 1. The number of amides is 1. The maximum Gasteiger partial charge on any atom is 0.283 e. The van der Waals surface area contributed by atoms with Crippen molar-refractivity contribution >= 4 is 21.4 Å². The largest absolute Gasteiger partial charge is 0.486 e. The molecule has 1 N–H and O–H groups in total. The fourth-order valence-electron chi connectivity index (χ4n) is 1.84. The first-order chi connectivity index (χ1) is 9.76. The van der Waals surface area contributed by atoms with Gasteiger partial charge in [-0.25, -0.2) is 12.8 Å². The van der Waals surface area contributed by atoms with Crippen LogP contribution in [0.3, 0.4) is 0 Å². The Morgan fingerprint density at radius 1 is 1.33 bits per heavy atom. The number of carbonyl (C=O) groups excluding carboxylic acids is 1. The van der Waals surface area contributed by atoms with Gasteiger partial charge in [0.25, 0.3) is 5.91 Å². The van der Waals surface area contributed by atoms with Gasteiger partial charge in [-0.2, -0.15) is 0 Å². The van der Waals surface area contributed by atoms with E-state index >= 15 is 0 Å². The summed E-state index contributed by atoms with van der Waals surface area (Å²) in [5, 5.41) is 2.27. The first-order valence-electron chi connectivity index (χ1n) is 6.02. The van der Waals surface area contributed by atoms with Crippen molar-refractivity contribution in [3.63, 3.8) is 0 Å². The molecule has 1 aliphatic rings. The quantitative estimate of drug-likeness (QED) is 0.850. The van der Waals surface area contributed by atoms with E-state index in [0.29, 0.717) is 24.7 Å². The summed E-state index contributed by atoms with van der Waals surface area (Å²) in [5.41, 5.74) is 0.435. The van der Waals surface area contributed by atoms with Crippen LogP contribution in [0, 0.1) is 0 Å². The van der Waals surface area contributed by atoms with Crippen LogP contribution >= 0.6 is 0 Å². The second-order valence-corrected chi connectivity index (χ2v) is 6.72. The summed E-state index contributed by atoms with van der Waals surface area (Å²) < 4.78 is 46.4. The molecule has 114 valence electrons. The Labute approximate surface area is 121 Å². The lowest BCUT2D eigenvalue weighted by Gasteiger charge is -2.21. The topological polar surface area (TPSA) is 81.7 Å². The minimum absolute atomic E-state index is 0.147. The number of sulfone groups is 1. The summed E-state index contributed by atoms with van der Waals surface area (Å²) in [6.07, 6.45) is 1.06. The van der Waals surface area contributed by atoms with E-state index in [9.17, 15) is 17.6 Å². The van der Waals surface area contributed by atoms with Crippen LogP contribution in [0.4, 0.5) is 10.1 Å². The van der Waals surface area contributed by atoms with Gasteiger partial charge in [-0.1, -0.05) is 6.58 Å². The van der Waals surface area contributed by atoms with Gasteiger partial charge >= 0.3 is 0 Å². The third-order valence-electron chi connectivity index (χ3n) is 2.68. The monoisotopic (exact) mass is 315 g/mol. The molecule has 0 saturated heterocycles. The highest BCUT2D eigenvalue weighted by molar-refractivity contribution is 7.89. The zero-order valence-corrected chi connectivity index (χ0v) is 12.1. The maximum absolute atomic E-state index is 12.8. The second-order valence-electron chi connectivity index (χ2n) is 4.58. The molecule has 1 amide bonds. The van der Waals surface area contributed by atoms with E-state index in [2.05, 4.69) is 11.9 Å². The first-order valence-corrected chi connectivity index (χ1v) is 8.08. The van der Waals surface area contributed by atoms with E-state index < -0.39 is 21.6 Å². The van der Waals surface area contributed by atoms with Gasteiger partial charge in [0.05, 0.1) is 5.75 Å². The predicted octanol–water partition coefficient (Wildman–Crippen LogP) is 1.42. The van der Waals surface area contributed by atoms with Gasteiger partial charge in [0, 0.05) is 18.0 Å². The molecule has 0 unspecified atom stereocenters. The lowest BCUT2D eigenvalue weighted by molar-refractivity contribution is -0.114. The number of carbonyl (C=O) groups is 1. The summed E-state index contributed by atoms with van der Waals surface area (Å²) in [4.78, 5) is 11.4. The van der Waals surface area contributed by atoms with Gasteiger partial charge in [-0.05, 0) is 11.6 Å². The first kappa shape index (κ1) is 15.3. The Morgan fingerprint density at radius 3 is 2.43 bits per heavy atom. The predicted molar refractivity (Wildman–Crippen MR) is 74.9 cm³/mol. The number of benzene rings is 1. The Kier molecular flexibility index (Phi) is 4.17. The number of halogens is 1. The van der Waals surface area contributed by atoms with E-state index in [0.717, 1.165) is 6.26 Å². The highest BCUT2D eigenvalue weighted by Crippen LogP contribution is 2.36. The highest BCUT2D eigenvalue weighted by atomic mass is 32.2. The Balaban J connectivity index is 2.43. The Bertz CT molecular complexity index is 699. The standard InChI is InChI=1S/C13H14FNO5S/c1-8(14)13(16)15-10-6-12-11(19-3-4-20-12)5-9(10)7-21(2,17)18/h5-6H,1,3-4,7H2,2H3,(H,15,16). The van der Waals surface area contributed by atoms with Crippen LogP contribution in [0.5, 0.6) is 11.5 Å². The van der Waals surface area contributed by atoms with Crippen LogP contribution in [-0.4, -0.2) is 33.8 Å². The van der Waals surface area contributed by atoms with Crippen molar-refractivity contribution in [1.82, 2.24) is 0 Å². The van der Waals surface area contributed by atoms with Gasteiger partial charge in [0.1, 0.15) is 13.2 Å². The summed E-state index contributed by atoms with van der Waals surface area (Å²) in [7, 11) is -3.35. The zero-order valence-electron chi connectivity index (χ0n) is 11.3. The van der Waals surface area contributed by atoms with Crippen molar-refractivity contribution < 1.29 is 27.1 Å². The van der Waals surface area contributed by atoms with Crippen LogP contribution < -0.4 is 14.8 Å². The molecule has 1 aromatic carbocycles. The lowest BCUT2D eigenvalue weighted by atomic mass is 10.1. The van der Waals surface area contributed by atoms with E-state index in [4.69, 9.17) is 9.47 Å². The number of hydrogen-bond acceptors (Lipinski definition) is 5. The summed E-state index contributed by atoms with van der Waals surface area (Å²) in [6, 6.07) is 2.88. The van der Waals surface area contributed by atoms with E-state index in [1.165, 1.54) is 12.1 Å². The molecule has 0 spiro atoms. The average molecular weight is 315 g/mol. The molecular weight excluding hydrogens is 301 g/mol. The van der Waals surface area contributed by atoms with Gasteiger partial charge in [-0.15, -0.1) is 0 Å². The Morgan fingerprint density at radius 2 is 1.90 bits per heavy atom. The minimum atomic E-state index is -3.35. The van der Waals surface area contributed by atoms with E-state index in [1.807, 2.05) is 0 Å².